The van der Waals surface area contributed by atoms with Gasteiger partial charge in [0.05, 0.1) is 6.54 Å². The van der Waals surface area contributed by atoms with Crippen molar-refractivity contribution in [2.45, 2.75) is 38.1 Å². The van der Waals surface area contributed by atoms with Crippen LogP contribution in [-0.4, -0.2) is 50.7 Å². The van der Waals surface area contributed by atoms with Crippen LogP contribution in [0.2, 0.25) is 0 Å². The van der Waals surface area contributed by atoms with Gasteiger partial charge < -0.3 is 14.5 Å². The number of hydrogen-bond donors (Lipinski definition) is 0. The molecule has 1 atom stereocenters. The largest absolute Gasteiger partial charge is 0.385 e. The summed E-state index contributed by atoms with van der Waals surface area (Å²) in [6, 6.07) is 10.5. The summed E-state index contributed by atoms with van der Waals surface area (Å²) in [5.41, 5.74) is 1.09. The van der Waals surface area contributed by atoms with Crippen molar-refractivity contribution >= 4 is 11.6 Å². The molecule has 0 bridgehead atoms. The number of carbonyl (C=O) groups is 1. The molecular weight excluding hydrogens is 276 g/mol. The van der Waals surface area contributed by atoms with E-state index in [1.165, 1.54) is 6.42 Å². The van der Waals surface area contributed by atoms with Gasteiger partial charge in [0.15, 0.2) is 0 Å². The Balaban J connectivity index is 1.91. The Kier molecular flexibility index (Phi) is 6.72. The SMILES string of the molecule is COCCC[C@H]1CCCCN1C(=O)CN(C)c1ccccc1. The Hall–Kier alpha value is -1.55. The molecule has 0 spiro atoms. The van der Waals surface area contributed by atoms with Crippen molar-refractivity contribution in [3.63, 3.8) is 0 Å². The van der Waals surface area contributed by atoms with Gasteiger partial charge in [-0.25, -0.2) is 0 Å². The van der Waals surface area contributed by atoms with Gasteiger partial charge >= 0.3 is 0 Å². The van der Waals surface area contributed by atoms with Gasteiger partial charge in [0, 0.05) is 39.0 Å². The summed E-state index contributed by atoms with van der Waals surface area (Å²) < 4.78 is 5.14. The zero-order valence-corrected chi connectivity index (χ0v) is 13.8. The number of nitrogens with zero attached hydrogens (tertiary/aromatic N) is 2. The second kappa shape index (κ2) is 8.79. The minimum Gasteiger partial charge on any atom is -0.385 e. The zero-order valence-electron chi connectivity index (χ0n) is 13.8. The fraction of sp³-hybridized carbons (Fsp3) is 0.611. The van der Waals surface area contributed by atoms with E-state index in [9.17, 15) is 4.79 Å². The van der Waals surface area contributed by atoms with E-state index in [4.69, 9.17) is 4.74 Å². The number of likely N-dealkylation sites (N-methyl/N-ethyl adjacent to an activating group) is 1. The first-order chi connectivity index (χ1) is 10.7. The summed E-state index contributed by atoms with van der Waals surface area (Å²) in [4.78, 5) is 16.8. The number of amides is 1. The first kappa shape index (κ1) is 16.8. The molecule has 0 N–H and O–H groups in total. The number of rotatable bonds is 7. The summed E-state index contributed by atoms with van der Waals surface area (Å²) >= 11 is 0. The molecule has 0 saturated carbocycles. The van der Waals surface area contributed by atoms with Crippen molar-refractivity contribution in [1.29, 1.82) is 0 Å². The number of hydrogen-bond acceptors (Lipinski definition) is 3. The fourth-order valence-electron chi connectivity index (χ4n) is 3.16. The molecule has 0 radical (unpaired) electrons. The van der Waals surface area contributed by atoms with E-state index >= 15 is 0 Å². The highest BCUT2D eigenvalue weighted by Crippen LogP contribution is 2.22. The molecule has 1 aliphatic heterocycles. The number of likely N-dealkylation sites (tertiary alicyclic amines) is 1. The predicted octanol–water partition coefficient (Wildman–Crippen LogP) is 2.93. The van der Waals surface area contributed by atoms with Gasteiger partial charge in [-0.1, -0.05) is 18.2 Å². The molecule has 122 valence electrons. The van der Waals surface area contributed by atoms with E-state index in [-0.39, 0.29) is 5.91 Å². The Morgan fingerprint density at radius 2 is 2.09 bits per heavy atom. The van der Waals surface area contributed by atoms with Crippen LogP contribution in [0.15, 0.2) is 30.3 Å². The third-order valence-corrected chi connectivity index (χ3v) is 4.40. The third-order valence-electron chi connectivity index (χ3n) is 4.40. The van der Waals surface area contributed by atoms with Crippen molar-refractivity contribution in [1.82, 2.24) is 4.90 Å². The first-order valence-electron chi connectivity index (χ1n) is 8.27. The van der Waals surface area contributed by atoms with Crippen LogP contribution in [-0.2, 0) is 9.53 Å². The first-order valence-corrected chi connectivity index (χ1v) is 8.27. The molecule has 1 fully saturated rings. The Labute approximate surface area is 134 Å². The highest BCUT2D eigenvalue weighted by atomic mass is 16.5. The van der Waals surface area contributed by atoms with Crippen molar-refractivity contribution in [2.24, 2.45) is 0 Å². The molecule has 1 amide bonds. The van der Waals surface area contributed by atoms with E-state index in [2.05, 4.69) is 4.90 Å². The molecular formula is C18H28N2O2. The molecule has 1 saturated heterocycles. The summed E-state index contributed by atoms with van der Waals surface area (Å²) in [6.45, 7) is 2.13. The lowest BCUT2D eigenvalue weighted by Crippen LogP contribution is -2.47. The average Bonchev–Trinajstić information content (AvgIpc) is 2.56. The lowest BCUT2D eigenvalue weighted by molar-refractivity contribution is -0.133. The lowest BCUT2D eigenvalue weighted by atomic mass is 9.98. The van der Waals surface area contributed by atoms with Gasteiger partial charge in [0.1, 0.15) is 0 Å². The number of methoxy groups -OCH3 is 1. The van der Waals surface area contributed by atoms with Crippen molar-refractivity contribution in [3.8, 4) is 0 Å². The number of piperidine rings is 1. The monoisotopic (exact) mass is 304 g/mol. The number of para-hydroxylation sites is 1. The summed E-state index contributed by atoms with van der Waals surface area (Å²) in [5, 5.41) is 0. The maximum Gasteiger partial charge on any atom is 0.242 e. The molecule has 1 aliphatic rings. The van der Waals surface area contributed by atoms with Crippen LogP contribution in [0.4, 0.5) is 5.69 Å². The Bertz CT molecular complexity index is 450. The Morgan fingerprint density at radius 1 is 1.32 bits per heavy atom. The number of carbonyl (C=O) groups excluding carboxylic acids is 1. The smallest absolute Gasteiger partial charge is 0.242 e. The van der Waals surface area contributed by atoms with Gasteiger partial charge in [-0.3, -0.25) is 4.79 Å². The van der Waals surface area contributed by atoms with E-state index in [0.717, 1.165) is 44.5 Å². The second-order valence-corrected chi connectivity index (χ2v) is 6.06. The quantitative estimate of drug-likeness (QED) is 0.726. The van der Waals surface area contributed by atoms with Crippen LogP contribution in [0.1, 0.15) is 32.1 Å². The molecule has 4 heteroatoms. The number of anilines is 1. The Morgan fingerprint density at radius 3 is 2.82 bits per heavy atom. The van der Waals surface area contributed by atoms with Crippen LogP contribution in [0.3, 0.4) is 0 Å². The minimum absolute atomic E-state index is 0.244. The molecule has 22 heavy (non-hydrogen) atoms. The van der Waals surface area contributed by atoms with Gasteiger partial charge in [0.2, 0.25) is 5.91 Å². The van der Waals surface area contributed by atoms with E-state index < -0.39 is 0 Å². The standard InChI is InChI=1S/C18H28N2O2/c1-19(16-9-4-3-5-10-16)15-18(21)20-13-7-6-11-17(20)12-8-14-22-2/h3-5,9-10,17H,6-8,11-15H2,1-2H3/t17-/m1/s1. The van der Waals surface area contributed by atoms with Crippen LogP contribution in [0.25, 0.3) is 0 Å². The molecule has 1 aromatic carbocycles. The normalized spacial score (nSPS) is 18.3. The summed E-state index contributed by atoms with van der Waals surface area (Å²) in [6.07, 6.45) is 5.57. The third kappa shape index (κ3) is 4.73. The van der Waals surface area contributed by atoms with Gasteiger partial charge in [-0.2, -0.15) is 0 Å². The van der Waals surface area contributed by atoms with Gasteiger partial charge in [-0.15, -0.1) is 0 Å². The van der Waals surface area contributed by atoms with Crippen LogP contribution < -0.4 is 4.90 Å². The molecule has 0 aliphatic carbocycles. The predicted molar refractivity (Wildman–Crippen MR) is 90.2 cm³/mol. The fourth-order valence-corrected chi connectivity index (χ4v) is 3.16. The molecule has 0 aromatic heterocycles. The molecule has 2 rings (SSSR count). The minimum atomic E-state index is 0.244. The molecule has 0 unspecified atom stereocenters. The van der Waals surface area contributed by atoms with E-state index in [1.54, 1.807) is 7.11 Å². The van der Waals surface area contributed by atoms with E-state index in [1.807, 2.05) is 42.3 Å². The van der Waals surface area contributed by atoms with Crippen molar-refractivity contribution in [3.05, 3.63) is 30.3 Å². The van der Waals surface area contributed by atoms with E-state index in [0.29, 0.717) is 12.6 Å². The summed E-state index contributed by atoms with van der Waals surface area (Å²) in [7, 11) is 3.72. The lowest BCUT2D eigenvalue weighted by Gasteiger charge is -2.37. The second-order valence-electron chi connectivity index (χ2n) is 6.06. The molecule has 1 aromatic rings. The highest BCUT2D eigenvalue weighted by molar-refractivity contribution is 5.81. The highest BCUT2D eigenvalue weighted by Gasteiger charge is 2.26. The molecule has 1 heterocycles. The summed E-state index contributed by atoms with van der Waals surface area (Å²) in [5.74, 6) is 0.244. The molecule has 4 nitrogen and oxygen atoms in total. The van der Waals surface area contributed by atoms with Crippen LogP contribution in [0.5, 0.6) is 0 Å². The van der Waals surface area contributed by atoms with Crippen molar-refractivity contribution in [2.75, 3.05) is 38.8 Å². The number of ether oxygens (including phenoxy) is 1. The average molecular weight is 304 g/mol. The van der Waals surface area contributed by atoms with Gasteiger partial charge in [0.25, 0.3) is 0 Å². The maximum atomic E-state index is 12.7. The van der Waals surface area contributed by atoms with Crippen LogP contribution in [0, 0.1) is 0 Å². The number of benzene rings is 1. The van der Waals surface area contributed by atoms with Gasteiger partial charge in [-0.05, 0) is 44.2 Å². The van der Waals surface area contributed by atoms with Crippen LogP contribution >= 0.6 is 0 Å². The maximum absolute atomic E-state index is 12.7. The zero-order chi connectivity index (χ0) is 15.8. The topological polar surface area (TPSA) is 32.8 Å². The van der Waals surface area contributed by atoms with Crippen molar-refractivity contribution < 1.29 is 9.53 Å².